The number of aliphatic imine (C=N–C) groups is 1. The summed E-state index contributed by atoms with van der Waals surface area (Å²) in [5.41, 5.74) is 1.18. The fraction of sp³-hybridized carbons (Fsp3) is 0.400. The highest BCUT2D eigenvalue weighted by Crippen LogP contribution is 2.13. The molecule has 0 amide bonds. The van der Waals surface area contributed by atoms with Crippen molar-refractivity contribution in [3.63, 3.8) is 0 Å². The van der Waals surface area contributed by atoms with Crippen molar-refractivity contribution in [2.24, 2.45) is 4.99 Å². The first-order chi connectivity index (χ1) is 9.15. The summed E-state index contributed by atoms with van der Waals surface area (Å²) in [6.45, 7) is 9.11. The molecule has 1 aromatic carbocycles. The van der Waals surface area contributed by atoms with Crippen molar-refractivity contribution < 1.29 is 4.74 Å². The van der Waals surface area contributed by atoms with Crippen LogP contribution in [-0.2, 0) is 6.54 Å². The minimum Gasteiger partial charge on any atom is -0.491 e. The molecule has 0 saturated carbocycles. The van der Waals surface area contributed by atoms with Gasteiger partial charge < -0.3 is 15.4 Å². The molecule has 0 bridgehead atoms. The molecule has 0 spiro atoms. The summed E-state index contributed by atoms with van der Waals surface area (Å²) in [5.74, 6) is 1.66. The Morgan fingerprint density at radius 3 is 2.53 bits per heavy atom. The Bertz CT molecular complexity index is 410. The van der Waals surface area contributed by atoms with Crippen LogP contribution < -0.4 is 15.4 Å². The van der Waals surface area contributed by atoms with Crippen molar-refractivity contribution >= 4 is 5.96 Å². The number of rotatable bonds is 6. The quantitative estimate of drug-likeness (QED) is 0.469. The molecular weight excluding hydrogens is 238 g/mol. The Kier molecular flexibility index (Phi) is 6.50. The molecule has 0 saturated heterocycles. The van der Waals surface area contributed by atoms with E-state index in [0.717, 1.165) is 18.3 Å². The lowest BCUT2D eigenvalue weighted by Crippen LogP contribution is -2.36. The van der Waals surface area contributed by atoms with E-state index in [9.17, 15) is 0 Å². The molecule has 0 aliphatic heterocycles. The third-order valence-electron chi connectivity index (χ3n) is 2.39. The second-order valence-electron chi connectivity index (χ2n) is 4.41. The number of hydrogen-bond donors (Lipinski definition) is 2. The van der Waals surface area contributed by atoms with Crippen molar-refractivity contribution in [3.05, 3.63) is 42.5 Å². The first-order valence-corrected chi connectivity index (χ1v) is 6.46. The highest BCUT2D eigenvalue weighted by molar-refractivity contribution is 5.79. The van der Waals surface area contributed by atoms with Gasteiger partial charge in [-0.25, -0.2) is 0 Å². The van der Waals surface area contributed by atoms with Crippen LogP contribution in [0.2, 0.25) is 0 Å². The summed E-state index contributed by atoms with van der Waals surface area (Å²) in [6, 6.07) is 8.06. The largest absolute Gasteiger partial charge is 0.491 e. The van der Waals surface area contributed by atoms with Crippen LogP contribution in [0.25, 0.3) is 0 Å². The van der Waals surface area contributed by atoms with E-state index in [-0.39, 0.29) is 6.10 Å². The van der Waals surface area contributed by atoms with E-state index in [1.807, 2.05) is 38.1 Å². The van der Waals surface area contributed by atoms with E-state index in [0.29, 0.717) is 6.54 Å². The van der Waals surface area contributed by atoms with Crippen molar-refractivity contribution in [3.8, 4) is 5.75 Å². The van der Waals surface area contributed by atoms with E-state index < -0.39 is 0 Å². The highest BCUT2D eigenvalue weighted by atomic mass is 16.5. The molecule has 19 heavy (non-hydrogen) atoms. The molecule has 0 atom stereocenters. The maximum absolute atomic E-state index is 5.60. The van der Waals surface area contributed by atoms with E-state index in [1.54, 1.807) is 13.1 Å². The van der Waals surface area contributed by atoms with Crippen LogP contribution in [0.1, 0.15) is 19.4 Å². The van der Waals surface area contributed by atoms with E-state index in [2.05, 4.69) is 22.2 Å². The molecule has 0 aromatic heterocycles. The van der Waals surface area contributed by atoms with Gasteiger partial charge in [0.2, 0.25) is 0 Å². The molecular formula is C15H23N3O. The average Bonchev–Trinajstić information content (AvgIpc) is 2.40. The molecule has 0 aliphatic carbocycles. The van der Waals surface area contributed by atoms with Crippen LogP contribution in [0, 0.1) is 0 Å². The van der Waals surface area contributed by atoms with Gasteiger partial charge in [0.05, 0.1) is 6.10 Å². The van der Waals surface area contributed by atoms with Gasteiger partial charge in [0.1, 0.15) is 5.75 Å². The molecule has 0 radical (unpaired) electrons. The third-order valence-corrected chi connectivity index (χ3v) is 2.39. The minimum atomic E-state index is 0.200. The molecule has 1 rings (SSSR count). The van der Waals surface area contributed by atoms with Gasteiger partial charge in [-0.05, 0) is 31.5 Å². The van der Waals surface area contributed by atoms with Crippen LogP contribution in [0.3, 0.4) is 0 Å². The molecule has 4 nitrogen and oxygen atoms in total. The van der Waals surface area contributed by atoms with Gasteiger partial charge in [-0.15, -0.1) is 6.58 Å². The Morgan fingerprint density at radius 1 is 1.32 bits per heavy atom. The SMILES string of the molecule is C=CCNC(=NC)NCc1ccc(OC(C)C)cc1. The van der Waals surface area contributed by atoms with Gasteiger partial charge in [0, 0.05) is 20.1 Å². The Labute approximate surface area is 115 Å². The first kappa shape index (κ1) is 15.1. The second-order valence-corrected chi connectivity index (χ2v) is 4.41. The monoisotopic (exact) mass is 261 g/mol. The van der Waals surface area contributed by atoms with E-state index in [4.69, 9.17) is 4.74 Å². The molecule has 1 aromatic rings. The van der Waals surface area contributed by atoms with Crippen LogP contribution in [0.4, 0.5) is 0 Å². The van der Waals surface area contributed by atoms with Crippen molar-refractivity contribution in [1.82, 2.24) is 10.6 Å². The number of ether oxygens (including phenoxy) is 1. The predicted molar refractivity (Wildman–Crippen MR) is 80.6 cm³/mol. The Hall–Kier alpha value is -1.97. The maximum Gasteiger partial charge on any atom is 0.191 e. The van der Waals surface area contributed by atoms with Crippen LogP contribution in [-0.4, -0.2) is 25.7 Å². The normalized spacial score (nSPS) is 11.3. The summed E-state index contributed by atoms with van der Waals surface area (Å²) in [6.07, 6.45) is 2.00. The van der Waals surface area contributed by atoms with Crippen molar-refractivity contribution in [1.29, 1.82) is 0 Å². The summed E-state index contributed by atoms with van der Waals surface area (Å²) < 4.78 is 5.60. The van der Waals surface area contributed by atoms with E-state index >= 15 is 0 Å². The smallest absolute Gasteiger partial charge is 0.191 e. The molecule has 0 fully saturated rings. The summed E-state index contributed by atoms with van der Waals surface area (Å²) >= 11 is 0. The van der Waals surface area contributed by atoms with Crippen molar-refractivity contribution in [2.75, 3.05) is 13.6 Å². The summed E-state index contributed by atoms with van der Waals surface area (Å²) in [7, 11) is 1.75. The second kappa shape index (κ2) is 8.19. The fourth-order valence-corrected chi connectivity index (χ4v) is 1.53. The zero-order valence-electron chi connectivity index (χ0n) is 11.9. The lowest BCUT2D eigenvalue weighted by molar-refractivity contribution is 0.242. The van der Waals surface area contributed by atoms with Gasteiger partial charge in [0.15, 0.2) is 5.96 Å². The predicted octanol–water partition coefficient (Wildman–Crippen LogP) is 2.32. The van der Waals surface area contributed by atoms with Crippen LogP contribution >= 0.6 is 0 Å². The molecule has 0 unspecified atom stereocenters. The van der Waals surface area contributed by atoms with Gasteiger partial charge in [0.25, 0.3) is 0 Å². The van der Waals surface area contributed by atoms with Crippen molar-refractivity contribution in [2.45, 2.75) is 26.5 Å². The number of hydrogen-bond acceptors (Lipinski definition) is 2. The Morgan fingerprint density at radius 2 is 2.00 bits per heavy atom. The topological polar surface area (TPSA) is 45.7 Å². The summed E-state index contributed by atoms with van der Waals surface area (Å²) in [5, 5.41) is 6.35. The highest BCUT2D eigenvalue weighted by Gasteiger charge is 1.99. The number of guanidine groups is 1. The fourth-order valence-electron chi connectivity index (χ4n) is 1.53. The standard InChI is InChI=1S/C15H23N3O/c1-5-10-17-15(16-4)18-11-13-6-8-14(9-7-13)19-12(2)3/h5-9,12H,1,10-11H2,2-4H3,(H2,16,17,18). The zero-order chi connectivity index (χ0) is 14.1. The van der Waals surface area contributed by atoms with Gasteiger partial charge >= 0.3 is 0 Å². The average molecular weight is 261 g/mol. The molecule has 104 valence electrons. The number of benzene rings is 1. The van der Waals surface area contributed by atoms with E-state index in [1.165, 1.54) is 5.56 Å². The molecule has 2 N–H and O–H groups in total. The van der Waals surface area contributed by atoms with Gasteiger partial charge in [-0.3, -0.25) is 4.99 Å². The minimum absolute atomic E-state index is 0.200. The summed E-state index contributed by atoms with van der Waals surface area (Å²) in [4.78, 5) is 4.12. The molecule has 4 heteroatoms. The maximum atomic E-state index is 5.60. The lowest BCUT2D eigenvalue weighted by Gasteiger charge is -2.12. The molecule has 0 heterocycles. The van der Waals surface area contributed by atoms with Gasteiger partial charge in [-0.1, -0.05) is 18.2 Å². The Balaban J connectivity index is 2.46. The van der Waals surface area contributed by atoms with Crippen LogP contribution in [0.5, 0.6) is 5.75 Å². The first-order valence-electron chi connectivity index (χ1n) is 6.46. The third kappa shape index (κ3) is 5.95. The lowest BCUT2D eigenvalue weighted by atomic mass is 10.2. The number of nitrogens with one attached hydrogen (secondary N) is 2. The number of nitrogens with zero attached hydrogens (tertiary/aromatic N) is 1. The van der Waals surface area contributed by atoms with Crippen LogP contribution in [0.15, 0.2) is 41.9 Å². The zero-order valence-corrected chi connectivity index (χ0v) is 11.9. The molecule has 0 aliphatic rings. The van der Waals surface area contributed by atoms with Gasteiger partial charge in [-0.2, -0.15) is 0 Å².